The average Bonchev–Trinajstić information content (AvgIpc) is 3.06. The molecule has 0 fully saturated rings. The van der Waals surface area contributed by atoms with E-state index in [4.69, 9.17) is 0 Å². The molecule has 2 rings (SSSR count). The van der Waals surface area contributed by atoms with Crippen molar-refractivity contribution in [3.05, 3.63) is 35.0 Å². The molecule has 0 aromatic carbocycles. The van der Waals surface area contributed by atoms with E-state index < -0.39 is 10.0 Å². The highest BCUT2D eigenvalue weighted by Crippen LogP contribution is 2.22. The third-order valence-corrected chi connectivity index (χ3v) is 5.65. The van der Waals surface area contributed by atoms with Crippen LogP contribution in [0.1, 0.15) is 18.7 Å². The summed E-state index contributed by atoms with van der Waals surface area (Å²) in [5.41, 5.74) is 0. The molecule has 2 heterocycles. The second kappa shape index (κ2) is 7.17. The highest BCUT2D eigenvalue weighted by atomic mass is 32.2. The number of sulfonamides is 1. The van der Waals surface area contributed by atoms with E-state index >= 15 is 0 Å². The number of hydrogen-bond donors (Lipinski definition) is 2. The monoisotopic (exact) mass is 328 g/mol. The van der Waals surface area contributed by atoms with Crippen molar-refractivity contribution in [3.63, 3.8) is 0 Å². The molecule has 2 aromatic rings. The maximum Gasteiger partial charge on any atom is 0.242 e. The fourth-order valence-corrected chi connectivity index (χ4v) is 4.66. The van der Waals surface area contributed by atoms with Crippen molar-refractivity contribution in [2.45, 2.75) is 37.9 Å². The molecule has 2 N–H and O–H groups in total. The van der Waals surface area contributed by atoms with Gasteiger partial charge < -0.3 is 9.88 Å². The van der Waals surface area contributed by atoms with E-state index in [0.29, 0.717) is 18.0 Å². The number of aromatic nitrogens is 2. The Kier molecular flexibility index (Phi) is 5.51. The zero-order chi connectivity index (χ0) is 15.3. The summed E-state index contributed by atoms with van der Waals surface area (Å²) in [6.07, 6.45) is 5.16. The molecule has 0 bridgehead atoms. The van der Waals surface area contributed by atoms with Gasteiger partial charge in [0.15, 0.2) is 0 Å². The molecule has 0 saturated heterocycles. The summed E-state index contributed by atoms with van der Waals surface area (Å²) < 4.78 is 29.5. The Morgan fingerprint density at radius 1 is 1.48 bits per heavy atom. The van der Waals surface area contributed by atoms with Crippen LogP contribution < -0.4 is 10.0 Å². The molecule has 0 amide bonds. The normalized spacial score (nSPS) is 13.4. The maximum absolute atomic E-state index is 12.5. The van der Waals surface area contributed by atoms with Gasteiger partial charge in [0, 0.05) is 36.4 Å². The molecule has 0 aliphatic carbocycles. The minimum atomic E-state index is -3.49. The van der Waals surface area contributed by atoms with Crippen molar-refractivity contribution < 1.29 is 8.42 Å². The van der Waals surface area contributed by atoms with Gasteiger partial charge in [0.05, 0.1) is 11.2 Å². The Balaban J connectivity index is 2.05. The van der Waals surface area contributed by atoms with E-state index in [0.717, 1.165) is 11.4 Å². The van der Waals surface area contributed by atoms with Gasteiger partial charge in [-0.1, -0.05) is 6.92 Å². The second-order valence-corrected chi connectivity index (χ2v) is 7.45. The average molecular weight is 328 g/mol. The molecule has 8 heteroatoms. The lowest BCUT2D eigenvalue weighted by molar-refractivity contribution is 0.520. The highest BCUT2D eigenvalue weighted by Gasteiger charge is 2.21. The maximum atomic E-state index is 12.5. The van der Waals surface area contributed by atoms with Crippen LogP contribution >= 0.6 is 11.3 Å². The van der Waals surface area contributed by atoms with E-state index in [9.17, 15) is 8.42 Å². The number of nitrogens with zero attached hydrogens (tertiary/aromatic N) is 2. The van der Waals surface area contributed by atoms with Gasteiger partial charge in [0.2, 0.25) is 10.0 Å². The van der Waals surface area contributed by atoms with Crippen molar-refractivity contribution in [2.24, 2.45) is 0 Å². The molecule has 0 radical (unpaired) electrons. The molecule has 0 aliphatic rings. The molecule has 1 atom stereocenters. The summed E-state index contributed by atoms with van der Waals surface area (Å²) in [5, 5.41) is 4.97. The molecule has 116 valence electrons. The lowest BCUT2D eigenvalue weighted by Gasteiger charge is -2.15. The van der Waals surface area contributed by atoms with Crippen LogP contribution in [-0.4, -0.2) is 30.6 Å². The Hall–Kier alpha value is -1.22. The predicted octanol–water partition coefficient (Wildman–Crippen LogP) is 1.42. The van der Waals surface area contributed by atoms with Crippen LogP contribution in [0.15, 0.2) is 35.1 Å². The van der Waals surface area contributed by atoms with Gasteiger partial charge in [0.1, 0.15) is 0 Å². The lowest BCUT2D eigenvalue weighted by Crippen LogP contribution is -2.35. The number of imidazole rings is 1. The van der Waals surface area contributed by atoms with Crippen LogP contribution in [-0.2, 0) is 23.1 Å². The Labute approximate surface area is 129 Å². The van der Waals surface area contributed by atoms with Gasteiger partial charge in [0.25, 0.3) is 0 Å². The zero-order valence-electron chi connectivity index (χ0n) is 12.1. The standard InChI is InChI=1S/C13H20N4O2S2/c1-3-14-8-12-13(4-7-20-12)21(18,19)16-11(2)9-17-6-5-15-10-17/h4-7,10-11,14,16H,3,8-9H2,1-2H3. The van der Waals surface area contributed by atoms with Gasteiger partial charge in [-0.05, 0) is 24.9 Å². The van der Waals surface area contributed by atoms with Crippen LogP contribution in [0.25, 0.3) is 0 Å². The highest BCUT2D eigenvalue weighted by molar-refractivity contribution is 7.89. The van der Waals surface area contributed by atoms with Gasteiger partial charge in [-0.15, -0.1) is 11.3 Å². The number of nitrogens with one attached hydrogen (secondary N) is 2. The van der Waals surface area contributed by atoms with E-state index in [1.165, 1.54) is 11.3 Å². The van der Waals surface area contributed by atoms with E-state index in [2.05, 4.69) is 15.0 Å². The summed E-state index contributed by atoms with van der Waals surface area (Å²) in [4.78, 5) is 5.15. The first-order valence-corrected chi connectivity index (χ1v) is 9.14. The van der Waals surface area contributed by atoms with Gasteiger partial charge in [-0.2, -0.15) is 0 Å². The van der Waals surface area contributed by atoms with Crippen LogP contribution in [0, 0.1) is 0 Å². The molecule has 1 unspecified atom stereocenters. The van der Waals surface area contributed by atoms with Crippen LogP contribution in [0.3, 0.4) is 0 Å². The first-order chi connectivity index (χ1) is 10.0. The largest absolute Gasteiger partial charge is 0.336 e. The Bertz CT molecular complexity index is 650. The lowest BCUT2D eigenvalue weighted by atomic mass is 10.4. The Morgan fingerprint density at radius 2 is 2.29 bits per heavy atom. The van der Waals surface area contributed by atoms with Crippen LogP contribution in [0.4, 0.5) is 0 Å². The molecule has 0 saturated carbocycles. The predicted molar refractivity (Wildman–Crippen MR) is 83.7 cm³/mol. The fraction of sp³-hybridized carbons (Fsp3) is 0.462. The fourth-order valence-electron chi connectivity index (χ4n) is 2.01. The van der Waals surface area contributed by atoms with E-state index in [1.807, 2.05) is 30.0 Å². The Morgan fingerprint density at radius 3 is 2.95 bits per heavy atom. The molecular weight excluding hydrogens is 308 g/mol. The third-order valence-electron chi connectivity index (χ3n) is 2.93. The molecule has 0 aliphatic heterocycles. The number of thiophene rings is 1. The minimum Gasteiger partial charge on any atom is -0.336 e. The SMILES string of the molecule is CCNCc1sccc1S(=O)(=O)NC(C)Cn1ccnc1. The summed E-state index contributed by atoms with van der Waals surface area (Å²) in [6.45, 7) is 5.76. The number of hydrogen-bond acceptors (Lipinski definition) is 5. The van der Waals surface area contributed by atoms with E-state index in [-0.39, 0.29) is 6.04 Å². The first kappa shape index (κ1) is 16.2. The first-order valence-electron chi connectivity index (χ1n) is 6.78. The third kappa shape index (κ3) is 4.37. The summed E-state index contributed by atoms with van der Waals surface area (Å²) >= 11 is 1.45. The van der Waals surface area contributed by atoms with Crippen molar-refractivity contribution in [2.75, 3.05) is 6.54 Å². The molecular formula is C13H20N4O2S2. The van der Waals surface area contributed by atoms with Crippen molar-refractivity contribution >= 4 is 21.4 Å². The number of rotatable bonds is 8. The van der Waals surface area contributed by atoms with Gasteiger partial charge in [-0.25, -0.2) is 18.1 Å². The molecule has 2 aromatic heterocycles. The quantitative estimate of drug-likeness (QED) is 0.768. The summed E-state index contributed by atoms with van der Waals surface area (Å²) in [5.74, 6) is 0. The summed E-state index contributed by atoms with van der Waals surface area (Å²) in [6, 6.07) is 1.44. The molecule has 6 nitrogen and oxygen atoms in total. The van der Waals surface area contributed by atoms with E-state index in [1.54, 1.807) is 18.6 Å². The van der Waals surface area contributed by atoms with Crippen molar-refractivity contribution in [1.82, 2.24) is 19.6 Å². The second-order valence-electron chi connectivity index (χ2n) is 4.77. The van der Waals surface area contributed by atoms with Crippen LogP contribution in [0.2, 0.25) is 0 Å². The zero-order valence-corrected chi connectivity index (χ0v) is 13.7. The molecule has 0 spiro atoms. The van der Waals surface area contributed by atoms with Gasteiger partial charge >= 0.3 is 0 Å². The van der Waals surface area contributed by atoms with Crippen molar-refractivity contribution in [1.29, 1.82) is 0 Å². The minimum absolute atomic E-state index is 0.212. The van der Waals surface area contributed by atoms with Crippen LogP contribution in [0.5, 0.6) is 0 Å². The smallest absolute Gasteiger partial charge is 0.242 e. The van der Waals surface area contributed by atoms with Gasteiger partial charge in [-0.3, -0.25) is 0 Å². The topological polar surface area (TPSA) is 76.0 Å². The van der Waals surface area contributed by atoms with Crippen molar-refractivity contribution in [3.8, 4) is 0 Å². The molecule has 21 heavy (non-hydrogen) atoms. The summed E-state index contributed by atoms with van der Waals surface area (Å²) in [7, 11) is -3.49.